The molecule has 0 radical (unpaired) electrons. The molecule has 0 aromatic carbocycles. The van der Waals surface area contributed by atoms with E-state index in [4.69, 9.17) is 0 Å². The topological polar surface area (TPSA) is 20.3 Å². The highest BCUT2D eigenvalue weighted by Gasteiger charge is 2.09. The van der Waals surface area contributed by atoms with Crippen LogP contribution in [0.4, 0.5) is 0 Å². The molecule has 0 saturated heterocycles. The molecule has 0 aliphatic heterocycles. The Morgan fingerprint density at radius 2 is 0.609 bits per heavy atom. The number of hydrogen-bond acceptors (Lipinski definition) is 2. The molecule has 46 heavy (non-hydrogen) atoms. The van der Waals surface area contributed by atoms with Gasteiger partial charge in [0.25, 0.3) is 0 Å². The van der Waals surface area contributed by atoms with Crippen LogP contribution in [0.2, 0.25) is 0 Å². The fourth-order valence-electron chi connectivity index (χ4n) is 7.42. The third kappa shape index (κ3) is 36.5. The largest absolute Gasteiger partial charge is 0.303 e. The van der Waals surface area contributed by atoms with E-state index in [9.17, 15) is 4.79 Å². The summed E-state index contributed by atoms with van der Waals surface area (Å²) in [5, 5.41) is 0. The maximum absolute atomic E-state index is 10.9. The Hall–Kier alpha value is -0.370. The average molecular weight is 648 g/mol. The van der Waals surface area contributed by atoms with Crippen LogP contribution in [0.1, 0.15) is 252 Å². The second-order valence-corrected chi connectivity index (χ2v) is 15.3. The van der Waals surface area contributed by atoms with E-state index >= 15 is 0 Å². The molecule has 276 valence electrons. The number of carbonyl (C=O) groups is 1. The maximum atomic E-state index is 10.9. The van der Waals surface area contributed by atoms with Gasteiger partial charge in [0.1, 0.15) is 6.29 Å². The highest BCUT2D eigenvalue weighted by molar-refractivity contribution is 5.48. The monoisotopic (exact) mass is 648 g/mol. The van der Waals surface area contributed by atoms with Crippen molar-refractivity contribution in [2.24, 2.45) is 5.92 Å². The van der Waals surface area contributed by atoms with Crippen LogP contribution >= 0.6 is 0 Å². The van der Waals surface area contributed by atoms with Gasteiger partial charge in [0.2, 0.25) is 0 Å². The van der Waals surface area contributed by atoms with Crippen molar-refractivity contribution in [3.8, 4) is 0 Å². The van der Waals surface area contributed by atoms with Gasteiger partial charge in [-0.25, -0.2) is 0 Å². The van der Waals surface area contributed by atoms with Crippen LogP contribution in [0.15, 0.2) is 0 Å². The summed E-state index contributed by atoms with van der Waals surface area (Å²) in [5.74, 6) is 0.996. The molecule has 2 nitrogen and oxygen atoms in total. The van der Waals surface area contributed by atoms with Crippen molar-refractivity contribution in [2.45, 2.75) is 252 Å². The summed E-state index contributed by atoms with van der Waals surface area (Å²) in [7, 11) is 0. The molecule has 0 aromatic heterocycles. The SMILES string of the molecule is CCCCCCCCCCCCCCCCN(CCCC=O)CCCCCCCC(CCCCCCCC)CCCCCCCC. The Balaban J connectivity index is 4.01. The molecule has 0 amide bonds. The first kappa shape index (κ1) is 45.6. The van der Waals surface area contributed by atoms with Crippen LogP contribution in [-0.4, -0.2) is 30.8 Å². The van der Waals surface area contributed by atoms with Crippen LogP contribution in [0.5, 0.6) is 0 Å². The molecule has 0 N–H and O–H groups in total. The summed E-state index contributed by atoms with van der Waals surface area (Å²) >= 11 is 0. The number of carbonyl (C=O) groups excluding carboxylic acids is 1. The Kier molecular flexibility index (Phi) is 40.5. The first-order chi connectivity index (χ1) is 22.8. The second kappa shape index (κ2) is 40.8. The number of rotatable bonds is 41. The van der Waals surface area contributed by atoms with Gasteiger partial charge in [-0.05, 0) is 44.8 Å². The van der Waals surface area contributed by atoms with Gasteiger partial charge in [-0.15, -0.1) is 0 Å². The van der Waals surface area contributed by atoms with E-state index in [0.717, 1.165) is 31.6 Å². The smallest absolute Gasteiger partial charge is 0.120 e. The first-order valence-corrected chi connectivity index (χ1v) is 21.9. The van der Waals surface area contributed by atoms with E-state index in [1.54, 1.807) is 0 Å². The zero-order valence-corrected chi connectivity index (χ0v) is 32.6. The molecule has 0 rings (SSSR count). The normalized spacial score (nSPS) is 11.8. The highest BCUT2D eigenvalue weighted by atomic mass is 16.1. The zero-order chi connectivity index (χ0) is 33.4. The molecule has 0 unspecified atom stereocenters. The minimum absolute atomic E-state index is 0.730. The van der Waals surface area contributed by atoms with Gasteiger partial charge in [-0.1, -0.05) is 226 Å². The van der Waals surface area contributed by atoms with Crippen LogP contribution in [-0.2, 0) is 4.79 Å². The van der Waals surface area contributed by atoms with Gasteiger partial charge >= 0.3 is 0 Å². The van der Waals surface area contributed by atoms with Crippen molar-refractivity contribution in [3.05, 3.63) is 0 Å². The lowest BCUT2D eigenvalue weighted by molar-refractivity contribution is -0.108. The van der Waals surface area contributed by atoms with Crippen molar-refractivity contribution >= 4 is 6.29 Å². The molecular formula is C44H89NO. The minimum atomic E-state index is 0.730. The van der Waals surface area contributed by atoms with Crippen molar-refractivity contribution < 1.29 is 4.79 Å². The first-order valence-electron chi connectivity index (χ1n) is 21.9. The van der Waals surface area contributed by atoms with Crippen molar-refractivity contribution in [1.82, 2.24) is 4.90 Å². The number of hydrogen-bond donors (Lipinski definition) is 0. The van der Waals surface area contributed by atoms with Gasteiger partial charge in [0.05, 0.1) is 0 Å². The quantitative estimate of drug-likeness (QED) is 0.0486. The Morgan fingerprint density at radius 3 is 0.913 bits per heavy atom. The summed E-state index contributed by atoms with van der Waals surface area (Å²) in [6.07, 6.45) is 51.7. The maximum Gasteiger partial charge on any atom is 0.120 e. The summed E-state index contributed by atoms with van der Waals surface area (Å²) in [6.45, 7) is 10.6. The molecule has 0 aliphatic carbocycles. The lowest BCUT2D eigenvalue weighted by Crippen LogP contribution is -2.27. The minimum Gasteiger partial charge on any atom is -0.303 e. The van der Waals surface area contributed by atoms with Gasteiger partial charge in [0.15, 0.2) is 0 Å². The molecule has 0 spiro atoms. The number of nitrogens with zero attached hydrogens (tertiary/aromatic N) is 1. The fourth-order valence-corrected chi connectivity index (χ4v) is 7.42. The lowest BCUT2D eigenvalue weighted by Gasteiger charge is -2.22. The van der Waals surface area contributed by atoms with E-state index in [0.29, 0.717) is 0 Å². The lowest BCUT2D eigenvalue weighted by atomic mass is 9.89. The number of unbranched alkanes of at least 4 members (excludes halogenated alkanes) is 28. The molecule has 0 fully saturated rings. The van der Waals surface area contributed by atoms with Gasteiger partial charge in [0, 0.05) is 6.42 Å². The predicted molar refractivity (Wildman–Crippen MR) is 209 cm³/mol. The molecule has 0 aromatic rings. The summed E-state index contributed by atoms with van der Waals surface area (Å²) in [6, 6.07) is 0. The van der Waals surface area contributed by atoms with Gasteiger partial charge in [-0.2, -0.15) is 0 Å². The van der Waals surface area contributed by atoms with Crippen LogP contribution in [0, 0.1) is 5.92 Å². The predicted octanol–water partition coefficient (Wildman–Crippen LogP) is 15.2. The third-order valence-corrected chi connectivity index (χ3v) is 10.6. The van der Waals surface area contributed by atoms with Crippen molar-refractivity contribution in [1.29, 1.82) is 0 Å². The second-order valence-electron chi connectivity index (χ2n) is 15.3. The van der Waals surface area contributed by atoms with E-state index in [-0.39, 0.29) is 0 Å². The van der Waals surface area contributed by atoms with E-state index in [1.165, 1.54) is 231 Å². The third-order valence-electron chi connectivity index (χ3n) is 10.6. The van der Waals surface area contributed by atoms with E-state index in [1.807, 2.05) is 0 Å². The summed E-state index contributed by atoms with van der Waals surface area (Å²) < 4.78 is 0. The average Bonchev–Trinajstić information content (AvgIpc) is 3.06. The summed E-state index contributed by atoms with van der Waals surface area (Å²) in [5.41, 5.74) is 0. The molecule has 0 atom stereocenters. The van der Waals surface area contributed by atoms with Crippen molar-refractivity contribution in [2.75, 3.05) is 19.6 Å². The van der Waals surface area contributed by atoms with E-state index in [2.05, 4.69) is 25.7 Å². The zero-order valence-electron chi connectivity index (χ0n) is 32.6. The molecular weight excluding hydrogens is 558 g/mol. The molecule has 0 bridgehead atoms. The highest BCUT2D eigenvalue weighted by Crippen LogP contribution is 2.25. The fraction of sp³-hybridized carbons (Fsp3) is 0.977. The van der Waals surface area contributed by atoms with E-state index < -0.39 is 0 Å². The summed E-state index contributed by atoms with van der Waals surface area (Å²) in [4.78, 5) is 13.6. The van der Waals surface area contributed by atoms with Crippen LogP contribution in [0.25, 0.3) is 0 Å². The van der Waals surface area contributed by atoms with Crippen molar-refractivity contribution in [3.63, 3.8) is 0 Å². The van der Waals surface area contributed by atoms with Gasteiger partial charge in [-0.3, -0.25) is 0 Å². The molecule has 0 saturated carbocycles. The molecule has 2 heteroatoms. The Bertz CT molecular complexity index is 532. The Morgan fingerprint density at radius 1 is 0.348 bits per heavy atom. The molecule has 0 heterocycles. The Labute approximate surface area is 292 Å². The van der Waals surface area contributed by atoms with Crippen LogP contribution in [0.3, 0.4) is 0 Å². The molecule has 0 aliphatic rings. The van der Waals surface area contributed by atoms with Crippen LogP contribution < -0.4 is 0 Å². The standard InChI is InChI=1S/C44H89NO/c1-4-7-10-13-16-17-18-19-20-21-22-23-28-33-40-45(42-35-36-43-46)41-34-29-24-27-32-39-44(37-30-25-14-11-8-5-2)38-31-26-15-12-9-6-3/h43-44H,4-42H2,1-3H3. The number of aldehydes is 1. The van der Waals surface area contributed by atoms with Gasteiger partial charge < -0.3 is 9.69 Å².